The molecule has 0 aliphatic carbocycles. The number of anilines is 1. The van der Waals surface area contributed by atoms with E-state index in [4.69, 9.17) is 5.73 Å². The summed E-state index contributed by atoms with van der Waals surface area (Å²) >= 11 is 1.03. The topological polar surface area (TPSA) is 93.8 Å². The standard InChI is InChI=1S/C6H11N5OS/c1-6(2,7)3-4(12)8-5-9-10-11-13-5/h3,7H2,1-2H3,(H,8,9,11,12). The van der Waals surface area contributed by atoms with Gasteiger partial charge in [0.1, 0.15) is 0 Å². The minimum Gasteiger partial charge on any atom is -0.325 e. The van der Waals surface area contributed by atoms with Crippen LogP contribution in [0.5, 0.6) is 0 Å². The Hall–Kier alpha value is -1.08. The van der Waals surface area contributed by atoms with Gasteiger partial charge in [0.05, 0.1) is 0 Å². The molecule has 0 aromatic carbocycles. The summed E-state index contributed by atoms with van der Waals surface area (Å²) in [5, 5.41) is 9.85. The Morgan fingerprint density at radius 2 is 2.38 bits per heavy atom. The molecule has 0 saturated carbocycles. The number of nitrogens with zero attached hydrogens (tertiary/aromatic N) is 3. The van der Waals surface area contributed by atoms with Crippen molar-refractivity contribution in [1.29, 1.82) is 0 Å². The molecule has 1 aromatic rings. The molecule has 72 valence electrons. The van der Waals surface area contributed by atoms with E-state index in [0.29, 0.717) is 5.13 Å². The Morgan fingerprint density at radius 3 is 2.85 bits per heavy atom. The first kappa shape index (κ1) is 10.0. The van der Waals surface area contributed by atoms with Gasteiger partial charge in [-0.2, -0.15) is 0 Å². The fourth-order valence-corrected chi connectivity index (χ4v) is 1.14. The maximum atomic E-state index is 11.2. The Bertz CT molecular complexity index is 278. The first-order valence-electron chi connectivity index (χ1n) is 3.71. The maximum absolute atomic E-state index is 11.2. The molecule has 0 fully saturated rings. The summed E-state index contributed by atoms with van der Waals surface area (Å²) in [5.41, 5.74) is 5.14. The van der Waals surface area contributed by atoms with Crippen LogP contribution in [0.4, 0.5) is 5.13 Å². The summed E-state index contributed by atoms with van der Waals surface area (Å²) in [6.07, 6.45) is 0.243. The lowest BCUT2D eigenvalue weighted by Gasteiger charge is -2.16. The lowest BCUT2D eigenvalue weighted by atomic mass is 10.0. The predicted molar refractivity (Wildman–Crippen MR) is 49.2 cm³/mol. The number of nitrogens with two attached hydrogens (primary N) is 1. The number of carbonyl (C=O) groups excluding carboxylic acids is 1. The molecule has 6 nitrogen and oxygen atoms in total. The molecule has 0 atom stereocenters. The number of hydrogen-bond donors (Lipinski definition) is 2. The van der Waals surface area contributed by atoms with E-state index in [2.05, 4.69) is 20.1 Å². The Labute approximate surface area is 79.7 Å². The minimum absolute atomic E-state index is 0.175. The van der Waals surface area contributed by atoms with Crippen LogP contribution in [0.2, 0.25) is 0 Å². The molecule has 0 bridgehead atoms. The van der Waals surface area contributed by atoms with E-state index >= 15 is 0 Å². The van der Waals surface area contributed by atoms with Crippen LogP contribution in [-0.4, -0.2) is 26.2 Å². The van der Waals surface area contributed by atoms with Crippen molar-refractivity contribution < 1.29 is 4.79 Å². The van der Waals surface area contributed by atoms with Crippen molar-refractivity contribution in [3.8, 4) is 0 Å². The maximum Gasteiger partial charge on any atom is 0.231 e. The molecule has 0 aliphatic rings. The first-order chi connectivity index (χ1) is 5.97. The van der Waals surface area contributed by atoms with Crippen LogP contribution in [-0.2, 0) is 4.79 Å². The summed E-state index contributed by atoms with van der Waals surface area (Å²) in [7, 11) is 0. The summed E-state index contributed by atoms with van der Waals surface area (Å²) in [5.74, 6) is -0.175. The van der Waals surface area contributed by atoms with Crippen LogP contribution in [0.15, 0.2) is 0 Å². The molecule has 13 heavy (non-hydrogen) atoms. The summed E-state index contributed by atoms with van der Waals surface area (Å²) in [6.45, 7) is 3.57. The second-order valence-electron chi connectivity index (χ2n) is 3.38. The van der Waals surface area contributed by atoms with Crippen molar-refractivity contribution in [3.63, 3.8) is 0 Å². The number of carbonyl (C=O) groups is 1. The molecule has 1 amide bonds. The second-order valence-corrected chi connectivity index (χ2v) is 4.11. The lowest BCUT2D eigenvalue weighted by Crippen LogP contribution is -2.36. The zero-order chi connectivity index (χ0) is 9.90. The van der Waals surface area contributed by atoms with Crippen molar-refractivity contribution >= 4 is 22.6 Å². The second kappa shape index (κ2) is 3.75. The normalized spacial score (nSPS) is 11.3. The fraction of sp³-hybridized carbons (Fsp3) is 0.667. The van der Waals surface area contributed by atoms with E-state index in [-0.39, 0.29) is 12.3 Å². The third-order valence-electron chi connectivity index (χ3n) is 1.16. The molecule has 0 radical (unpaired) electrons. The summed E-state index contributed by atoms with van der Waals surface area (Å²) < 4.78 is 3.51. The van der Waals surface area contributed by atoms with E-state index in [1.165, 1.54) is 0 Å². The Kier molecular flexibility index (Phi) is 2.89. The zero-order valence-electron chi connectivity index (χ0n) is 7.44. The molecule has 1 rings (SSSR count). The third-order valence-corrected chi connectivity index (χ3v) is 1.67. The van der Waals surface area contributed by atoms with Crippen LogP contribution in [0.1, 0.15) is 20.3 Å². The molecule has 0 saturated heterocycles. The SMILES string of the molecule is CC(C)(N)CC(=O)Nc1nnns1. The lowest BCUT2D eigenvalue weighted by molar-refractivity contribution is -0.117. The molecular formula is C6H11N5OS. The van der Waals surface area contributed by atoms with Gasteiger partial charge in [-0.1, -0.05) is 9.59 Å². The monoisotopic (exact) mass is 201 g/mol. The molecule has 7 heteroatoms. The van der Waals surface area contributed by atoms with E-state index in [9.17, 15) is 4.79 Å². The smallest absolute Gasteiger partial charge is 0.231 e. The van der Waals surface area contributed by atoms with Crippen molar-refractivity contribution in [3.05, 3.63) is 0 Å². The highest BCUT2D eigenvalue weighted by Crippen LogP contribution is 2.08. The van der Waals surface area contributed by atoms with Gasteiger partial charge in [0.25, 0.3) is 0 Å². The van der Waals surface area contributed by atoms with Crippen molar-refractivity contribution in [2.24, 2.45) is 5.73 Å². The number of aromatic nitrogens is 3. The van der Waals surface area contributed by atoms with Gasteiger partial charge in [-0.15, -0.1) is 0 Å². The molecule has 0 unspecified atom stereocenters. The highest BCUT2D eigenvalue weighted by molar-refractivity contribution is 7.09. The fourth-order valence-electron chi connectivity index (χ4n) is 0.759. The predicted octanol–water partition coefficient (Wildman–Crippen LogP) is -0.00100. The highest BCUT2D eigenvalue weighted by Gasteiger charge is 2.17. The van der Waals surface area contributed by atoms with Gasteiger partial charge in [0.15, 0.2) is 0 Å². The van der Waals surface area contributed by atoms with Gasteiger partial charge in [0, 0.05) is 23.5 Å². The van der Waals surface area contributed by atoms with Gasteiger partial charge in [0.2, 0.25) is 11.0 Å². The van der Waals surface area contributed by atoms with Gasteiger partial charge in [-0.3, -0.25) is 10.1 Å². The van der Waals surface area contributed by atoms with E-state index < -0.39 is 5.54 Å². The van der Waals surface area contributed by atoms with E-state index in [1.54, 1.807) is 13.8 Å². The van der Waals surface area contributed by atoms with Gasteiger partial charge >= 0.3 is 0 Å². The van der Waals surface area contributed by atoms with Crippen LogP contribution in [0, 0.1) is 0 Å². The van der Waals surface area contributed by atoms with Gasteiger partial charge < -0.3 is 5.73 Å². The Balaban J connectivity index is 2.43. The van der Waals surface area contributed by atoms with Crippen LogP contribution >= 0.6 is 11.5 Å². The largest absolute Gasteiger partial charge is 0.325 e. The first-order valence-corrected chi connectivity index (χ1v) is 4.48. The van der Waals surface area contributed by atoms with Crippen LogP contribution in [0.25, 0.3) is 0 Å². The molecule has 3 N–H and O–H groups in total. The van der Waals surface area contributed by atoms with Crippen LogP contribution < -0.4 is 11.1 Å². The van der Waals surface area contributed by atoms with Crippen molar-refractivity contribution in [2.75, 3.05) is 5.32 Å². The number of nitrogens with one attached hydrogen (secondary N) is 1. The summed E-state index contributed by atoms with van der Waals surface area (Å²) in [4.78, 5) is 11.2. The van der Waals surface area contributed by atoms with E-state index in [1.807, 2.05) is 0 Å². The quantitative estimate of drug-likeness (QED) is 0.717. The summed E-state index contributed by atoms with van der Waals surface area (Å²) in [6, 6.07) is 0. The molecular weight excluding hydrogens is 190 g/mol. The van der Waals surface area contributed by atoms with Gasteiger partial charge in [-0.05, 0) is 19.1 Å². The van der Waals surface area contributed by atoms with Gasteiger partial charge in [-0.25, -0.2) is 0 Å². The number of hydrogen-bond acceptors (Lipinski definition) is 6. The van der Waals surface area contributed by atoms with Crippen LogP contribution in [0.3, 0.4) is 0 Å². The van der Waals surface area contributed by atoms with E-state index in [0.717, 1.165) is 11.5 Å². The average Bonchev–Trinajstić information content (AvgIpc) is 2.34. The number of amides is 1. The van der Waals surface area contributed by atoms with Crippen molar-refractivity contribution in [1.82, 2.24) is 14.8 Å². The minimum atomic E-state index is -0.512. The third kappa shape index (κ3) is 3.90. The molecule has 0 spiro atoms. The molecule has 1 heterocycles. The van der Waals surface area contributed by atoms with Crippen molar-refractivity contribution in [2.45, 2.75) is 25.8 Å². The highest BCUT2D eigenvalue weighted by atomic mass is 32.1. The molecule has 0 aliphatic heterocycles. The zero-order valence-corrected chi connectivity index (χ0v) is 8.26. The Morgan fingerprint density at radius 1 is 1.69 bits per heavy atom. The average molecular weight is 201 g/mol. The molecule has 1 aromatic heterocycles. The number of rotatable bonds is 3.